The fourth-order valence-electron chi connectivity index (χ4n) is 5.07. The Labute approximate surface area is 214 Å². The number of thioether (sulfide) groups is 1. The summed E-state index contributed by atoms with van der Waals surface area (Å²) >= 11 is 1.43. The standard InChI is InChI=1S/C27H40N2O4S2/c1-5-24(26(30)16-22-14-18(2)10-11-19(22)3)28-27(31)25(29-35(4,32)33)17-34-23-13-12-20-8-6-7-9-21(20)15-23/h6-9,12-13,15,18-19,22,24-26,29-30H,5,10-11,14,16-17H2,1-4H3,(H,28,31). The van der Waals surface area contributed by atoms with Crippen molar-refractivity contribution < 1.29 is 18.3 Å². The van der Waals surface area contributed by atoms with Crippen molar-refractivity contribution in [2.45, 2.75) is 76.0 Å². The van der Waals surface area contributed by atoms with Gasteiger partial charge in [-0.3, -0.25) is 4.79 Å². The first-order valence-electron chi connectivity index (χ1n) is 12.6. The van der Waals surface area contributed by atoms with Gasteiger partial charge in [-0.25, -0.2) is 13.1 Å². The quantitative estimate of drug-likeness (QED) is 0.377. The van der Waals surface area contributed by atoms with Gasteiger partial charge in [-0.1, -0.05) is 63.9 Å². The Morgan fingerprint density at radius 2 is 1.86 bits per heavy atom. The lowest BCUT2D eigenvalue weighted by atomic mass is 9.73. The van der Waals surface area contributed by atoms with Gasteiger partial charge in [0.1, 0.15) is 6.04 Å². The molecule has 0 bridgehead atoms. The van der Waals surface area contributed by atoms with Crippen molar-refractivity contribution in [3.8, 4) is 0 Å². The number of nitrogens with one attached hydrogen (secondary N) is 2. The highest BCUT2D eigenvalue weighted by atomic mass is 32.2. The Kier molecular flexibility index (Phi) is 10.0. The van der Waals surface area contributed by atoms with Crippen molar-refractivity contribution in [1.29, 1.82) is 0 Å². The van der Waals surface area contributed by atoms with Gasteiger partial charge in [0.25, 0.3) is 0 Å². The normalized spacial score (nSPS) is 23.5. The highest BCUT2D eigenvalue weighted by Gasteiger charge is 2.32. The first-order valence-corrected chi connectivity index (χ1v) is 15.5. The molecule has 194 valence electrons. The Hall–Kier alpha value is -1.61. The summed E-state index contributed by atoms with van der Waals surface area (Å²) in [4.78, 5) is 14.1. The number of rotatable bonds is 11. The molecule has 1 aliphatic rings. The number of hydrogen-bond acceptors (Lipinski definition) is 5. The summed E-state index contributed by atoms with van der Waals surface area (Å²) in [6.45, 7) is 6.45. The van der Waals surface area contributed by atoms with Crippen LogP contribution in [0.15, 0.2) is 47.4 Å². The van der Waals surface area contributed by atoms with Crippen LogP contribution in [-0.4, -0.2) is 49.6 Å². The maximum absolute atomic E-state index is 13.2. The van der Waals surface area contributed by atoms with E-state index in [0.717, 1.165) is 28.3 Å². The van der Waals surface area contributed by atoms with Gasteiger partial charge < -0.3 is 10.4 Å². The van der Waals surface area contributed by atoms with E-state index in [4.69, 9.17) is 0 Å². The van der Waals surface area contributed by atoms with E-state index in [1.807, 2.05) is 49.4 Å². The minimum Gasteiger partial charge on any atom is -0.391 e. The van der Waals surface area contributed by atoms with Gasteiger partial charge >= 0.3 is 0 Å². The third-order valence-corrected chi connectivity index (χ3v) is 9.01. The van der Waals surface area contributed by atoms with E-state index < -0.39 is 34.1 Å². The summed E-state index contributed by atoms with van der Waals surface area (Å²) in [7, 11) is -3.59. The predicted molar refractivity (Wildman–Crippen MR) is 145 cm³/mol. The van der Waals surface area contributed by atoms with Crippen LogP contribution in [0, 0.1) is 17.8 Å². The van der Waals surface area contributed by atoms with Crippen molar-refractivity contribution in [3.05, 3.63) is 42.5 Å². The highest BCUT2D eigenvalue weighted by Crippen LogP contribution is 2.36. The summed E-state index contributed by atoms with van der Waals surface area (Å²) in [5, 5.41) is 16.1. The van der Waals surface area contributed by atoms with Gasteiger partial charge in [-0.05, 0) is 59.9 Å². The number of aliphatic hydroxyl groups is 1. The summed E-state index contributed by atoms with van der Waals surface area (Å²) in [5.41, 5.74) is 0. The zero-order valence-electron chi connectivity index (χ0n) is 21.2. The van der Waals surface area contributed by atoms with Crippen molar-refractivity contribution >= 4 is 38.5 Å². The minimum absolute atomic E-state index is 0.251. The number of aliphatic hydroxyl groups excluding tert-OH is 1. The molecular weight excluding hydrogens is 480 g/mol. The first-order chi connectivity index (χ1) is 16.6. The van der Waals surface area contributed by atoms with Crippen LogP contribution in [0.2, 0.25) is 0 Å². The highest BCUT2D eigenvalue weighted by molar-refractivity contribution is 7.99. The summed E-state index contributed by atoms with van der Waals surface area (Å²) in [5.74, 6) is 1.51. The zero-order chi connectivity index (χ0) is 25.6. The number of carbonyl (C=O) groups is 1. The average molecular weight is 521 g/mol. The molecule has 35 heavy (non-hydrogen) atoms. The molecule has 1 amide bonds. The molecule has 3 N–H and O–H groups in total. The SMILES string of the molecule is CCC(NC(=O)C(CSc1ccc2ccccc2c1)NS(C)(=O)=O)C(O)CC1CC(C)CCC1C. The van der Waals surface area contributed by atoms with Gasteiger partial charge in [0.15, 0.2) is 0 Å². The molecule has 0 saturated heterocycles. The van der Waals surface area contributed by atoms with Crippen LogP contribution in [0.3, 0.4) is 0 Å². The molecule has 0 aliphatic heterocycles. The lowest BCUT2D eigenvalue weighted by molar-refractivity contribution is -0.124. The van der Waals surface area contributed by atoms with E-state index in [2.05, 4.69) is 23.9 Å². The van der Waals surface area contributed by atoms with Crippen molar-refractivity contribution in [1.82, 2.24) is 10.0 Å². The molecule has 0 spiro atoms. The van der Waals surface area contributed by atoms with E-state index in [1.165, 1.54) is 24.6 Å². The second kappa shape index (κ2) is 12.6. The lowest BCUT2D eigenvalue weighted by Crippen LogP contribution is -2.53. The fourth-order valence-corrected chi connectivity index (χ4v) is 6.85. The predicted octanol–water partition coefficient (Wildman–Crippen LogP) is 4.57. The molecule has 6 unspecified atom stereocenters. The molecule has 3 rings (SSSR count). The number of sulfonamides is 1. The molecule has 0 radical (unpaired) electrons. The Bertz CT molecular complexity index is 1090. The number of hydrogen-bond donors (Lipinski definition) is 3. The van der Waals surface area contributed by atoms with Crippen LogP contribution in [0.5, 0.6) is 0 Å². The van der Waals surface area contributed by atoms with Gasteiger partial charge in [0, 0.05) is 10.6 Å². The number of amides is 1. The second-order valence-corrected chi connectivity index (χ2v) is 13.1. The molecule has 1 saturated carbocycles. The molecule has 6 nitrogen and oxygen atoms in total. The molecule has 6 atom stereocenters. The lowest BCUT2D eigenvalue weighted by Gasteiger charge is -2.36. The first kappa shape index (κ1) is 28.0. The molecule has 0 heterocycles. The van der Waals surface area contributed by atoms with Crippen LogP contribution in [0.1, 0.15) is 52.9 Å². The van der Waals surface area contributed by atoms with Crippen molar-refractivity contribution in [2.24, 2.45) is 17.8 Å². The molecule has 8 heteroatoms. The van der Waals surface area contributed by atoms with Crippen LogP contribution >= 0.6 is 11.8 Å². The van der Waals surface area contributed by atoms with E-state index in [1.54, 1.807) is 0 Å². The fraction of sp³-hybridized carbons (Fsp3) is 0.593. The number of fused-ring (bicyclic) bond motifs is 1. The molecule has 2 aromatic carbocycles. The Morgan fingerprint density at radius 1 is 1.14 bits per heavy atom. The van der Waals surface area contributed by atoms with E-state index in [0.29, 0.717) is 30.6 Å². The molecule has 2 aromatic rings. The second-order valence-electron chi connectivity index (χ2n) is 10.2. The van der Waals surface area contributed by atoms with Crippen molar-refractivity contribution in [3.63, 3.8) is 0 Å². The van der Waals surface area contributed by atoms with Gasteiger partial charge in [0.2, 0.25) is 15.9 Å². The maximum Gasteiger partial charge on any atom is 0.239 e. The molecule has 1 aliphatic carbocycles. The molecular formula is C27H40N2O4S2. The van der Waals surface area contributed by atoms with E-state index in [-0.39, 0.29) is 5.75 Å². The largest absolute Gasteiger partial charge is 0.391 e. The van der Waals surface area contributed by atoms with Gasteiger partial charge in [-0.2, -0.15) is 0 Å². The van der Waals surface area contributed by atoms with Crippen LogP contribution in [0.25, 0.3) is 10.8 Å². The third-order valence-electron chi connectivity index (χ3n) is 7.21. The van der Waals surface area contributed by atoms with Crippen LogP contribution in [-0.2, 0) is 14.8 Å². The van der Waals surface area contributed by atoms with Crippen LogP contribution in [0.4, 0.5) is 0 Å². The van der Waals surface area contributed by atoms with Gasteiger partial charge in [0.05, 0.1) is 18.4 Å². The molecule has 0 aromatic heterocycles. The Balaban J connectivity index is 1.65. The van der Waals surface area contributed by atoms with E-state index in [9.17, 15) is 18.3 Å². The van der Waals surface area contributed by atoms with E-state index >= 15 is 0 Å². The number of benzene rings is 2. The minimum atomic E-state index is -3.59. The van der Waals surface area contributed by atoms with Gasteiger partial charge in [-0.15, -0.1) is 11.8 Å². The third kappa shape index (κ3) is 8.48. The average Bonchev–Trinajstić information content (AvgIpc) is 2.81. The summed E-state index contributed by atoms with van der Waals surface area (Å²) in [6, 6.07) is 12.7. The summed E-state index contributed by atoms with van der Waals surface area (Å²) in [6.07, 6.45) is 5.14. The topological polar surface area (TPSA) is 95.5 Å². The monoisotopic (exact) mass is 520 g/mol. The smallest absolute Gasteiger partial charge is 0.239 e. The maximum atomic E-state index is 13.2. The zero-order valence-corrected chi connectivity index (χ0v) is 22.9. The molecule has 1 fully saturated rings. The van der Waals surface area contributed by atoms with Crippen molar-refractivity contribution in [2.75, 3.05) is 12.0 Å². The summed E-state index contributed by atoms with van der Waals surface area (Å²) < 4.78 is 26.5. The van der Waals surface area contributed by atoms with Crippen LogP contribution < -0.4 is 10.0 Å². The Morgan fingerprint density at radius 3 is 2.54 bits per heavy atom. The number of carbonyl (C=O) groups excluding carboxylic acids is 1.